The Morgan fingerprint density at radius 1 is 1.33 bits per heavy atom. The molecule has 0 aliphatic heterocycles. The second-order valence-corrected chi connectivity index (χ2v) is 2.96. The average Bonchev–Trinajstić information content (AvgIpc) is 2.28. The monoisotopic (exact) mass is 202 g/mol. The molecule has 0 spiro atoms. The van der Waals surface area contributed by atoms with E-state index in [4.69, 9.17) is 4.74 Å². The number of carbonyl (C=O) groups excluding carboxylic acids is 1. The number of allylic oxidation sites excluding steroid dienone is 1. The SMILES string of the molecule is CCC=CC(=O)OC=Cc1ccccc1. The van der Waals surface area contributed by atoms with Crippen LogP contribution in [0.1, 0.15) is 18.9 Å². The third kappa shape index (κ3) is 4.81. The number of rotatable bonds is 4. The van der Waals surface area contributed by atoms with Crippen LogP contribution in [0, 0.1) is 0 Å². The van der Waals surface area contributed by atoms with Crippen LogP contribution in [0.5, 0.6) is 0 Å². The second-order valence-electron chi connectivity index (χ2n) is 2.96. The molecule has 0 atom stereocenters. The normalized spacial score (nSPS) is 11.0. The van der Waals surface area contributed by atoms with Crippen LogP contribution < -0.4 is 0 Å². The van der Waals surface area contributed by atoms with Gasteiger partial charge in [-0.2, -0.15) is 0 Å². The van der Waals surface area contributed by atoms with Gasteiger partial charge in [0.1, 0.15) is 0 Å². The number of hydrogen-bond acceptors (Lipinski definition) is 2. The van der Waals surface area contributed by atoms with Gasteiger partial charge >= 0.3 is 5.97 Å². The molecule has 1 aromatic carbocycles. The summed E-state index contributed by atoms with van der Waals surface area (Å²) in [4.78, 5) is 11.0. The molecule has 78 valence electrons. The van der Waals surface area contributed by atoms with Gasteiger partial charge in [-0.1, -0.05) is 43.3 Å². The maximum absolute atomic E-state index is 11.0. The molecule has 2 nitrogen and oxygen atoms in total. The highest BCUT2D eigenvalue weighted by Gasteiger charge is 1.90. The van der Waals surface area contributed by atoms with Crippen LogP contribution in [0.15, 0.2) is 48.7 Å². The lowest BCUT2D eigenvalue weighted by atomic mass is 10.2. The van der Waals surface area contributed by atoms with Crippen LogP contribution in [-0.4, -0.2) is 5.97 Å². The van der Waals surface area contributed by atoms with E-state index >= 15 is 0 Å². The fourth-order valence-corrected chi connectivity index (χ4v) is 0.997. The van der Waals surface area contributed by atoms with Crippen molar-refractivity contribution in [2.45, 2.75) is 13.3 Å². The molecule has 0 heterocycles. The third-order valence-corrected chi connectivity index (χ3v) is 1.73. The number of esters is 1. The summed E-state index contributed by atoms with van der Waals surface area (Å²) in [6.45, 7) is 1.96. The van der Waals surface area contributed by atoms with E-state index in [1.165, 1.54) is 12.3 Å². The van der Waals surface area contributed by atoms with E-state index < -0.39 is 0 Å². The van der Waals surface area contributed by atoms with E-state index in [0.717, 1.165) is 12.0 Å². The maximum atomic E-state index is 11.0. The molecule has 0 N–H and O–H groups in total. The molecular weight excluding hydrogens is 188 g/mol. The van der Waals surface area contributed by atoms with Crippen molar-refractivity contribution in [1.29, 1.82) is 0 Å². The summed E-state index contributed by atoms with van der Waals surface area (Å²) in [7, 11) is 0. The highest BCUT2D eigenvalue weighted by molar-refractivity contribution is 5.82. The zero-order chi connectivity index (χ0) is 10.9. The Morgan fingerprint density at radius 3 is 2.73 bits per heavy atom. The van der Waals surface area contributed by atoms with E-state index in [1.54, 1.807) is 12.2 Å². The van der Waals surface area contributed by atoms with Crippen molar-refractivity contribution in [3.63, 3.8) is 0 Å². The van der Waals surface area contributed by atoms with E-state index in [-0.39, 0.29) is 5.97 Å². The largest absolute Gasteiger partial charge is 0.431 e. The summed E-state index contributed by atoms with van der Waals surface area (Å²) in [5.41, 5.74) is 1.00. The standard InChI is InChI=1S/C13H14O2/c1-2-3-9-13(14)15-11-10-12-7-5-4-6-8-12/h3-11H,2H2,1H3. The minimum Gasteiger partial charge on any atom is -0.431 e. The molecular formula is C13H14O2. The van der Waals surface area contributed by atoms with Gasteiger partial charge in [-0.05, 0) is 18.1 Å². The first-order valence-electron chi connectivity index (χ1n) is 4.91. The molecule has 0 fully saturated rings. The number of benzene rings is 1. The topological polar surface area (TPSA) is 26.3 Å². The van der Waals surface area contributed by atoms with Crippen molar-refractivity contribution in [3.8, 4) is 0 Å². The minimum absolute atomic E-state index is 0.343. The second kappa shape index (κ2) is 6.60. The molecule has 0 amide bonds. The quantitative estimate of drug-likeness (QED) is 0.426. The maximum Gasteiger partial charge on any atom is 0.335 e. The van der Waals surface area contributed by atoms with Crippen LogP contribution in [0.3, 0.4) is 0 Å². The lowest BCUT2D eigenvalue weighted by Gasteiger charge is -1.93. The molecule has 1 rings (SSSR count). The molecule has 2 heteroatoms. The smallest absolute Gasteiger partial charge is 0.335 e. The highest BCUT2D eigenvalue weighted by Crippen LogP contribution is 2.01. The fraction of sp³-hybridized carbons (Fsp3) is 0.154. The first kappa shape index (κ1) is 11.2. The Labute approximate surface area is 89.9 Å². The Hall–Kier alpha value is -1.83. The van der Waals surface area contributed by atoms with Crippen LogP contribution in [0.2, 0.25) is 0 Å². The molecule has 15 heavy (non-hydrogen) atoms. The molecule has 0 saturated carbocycles. The Bertz CT molecular complexity index is 350. The molecule has 0 unspecified atom stereocenters. The van der Waals surface area contributed by atoms with Gasteiger partial charge in [0, 0.05) is 6.08 Å². The minimum atomic E-state index is -0.343. The van der Waals surface area contributed by atoms with Gasteiger partial charge in [0.15, 0.2) is 0 Å². The Kier molecular flexibility index (Phi) is 4.95. The summed E-state index contributed by atoms with van der Waals surface area (Å²) in [6, 6.07) is 9.67. The molecule has 0 bridgehead atoms. The van der Waals surface area contributed by atoms with Crippen molar-refractivity contribution >= 4 is 12.0 Å². The van der Waals surface area contributed by atoms with Crippen molar-refractivity contribution in [2.75, 3.05) is 0 Å². The van der Waals surface area contributed by atoms with Gasteiger partial charge in [-0.3, -0.25) is 0 Å². The fourth-order valence-electron chi connectivity index (χ4n) is 0.997. The van der Waals surface area contributed by atoms with Crippen LogP contribution in [-0.2, 0) is 9.53 Å². The first-order chi connectivity index (χ1) is 7.33. The predicted octanol–water partition coefficient (Wildman–Crippen LogP) is 3.17. The van der Waals surface area contributed by atoms with Gasteiger partial charge in [0.05, 0.1) is 6.26 Å². The number of carbonyl (C=O) groups is 1. The zero-order valence-electron chi connectivity index (χ0n) is 8.72. The molecule has 0 aromatic heterocycles. The van der Waals surface area contributed by atoms with Crippen LogP contribution >= 0.6 is 0 Å². The molecule has 0 saturated heterocycles. The summed E-state index contributed by atoms with van der Waals surface area (Å²) < 4.78 is 4.84. The van der Waals surface area contributed by atoms with Crippen LogP contribution in [0.25, 0.3) is 6.08 Å². The van der Waals surface area contributed by atoms with E-state index in [1.807, 2.05) is 37.3 Å². The Morgan fingerprint density at radius 2 is 2.07 bits per heavy atom. The molecule has 0 aliphatic carbocycles. The Balaban J connectivity index is 2.40. The molecule has 1 aromatic rings. The molecule has 0 radical (unpaired) electrons. The van der Waals surface area contributed by atoms with Crippen molar-refractivity contribution in [3.05, 3.63) is 54.3 Å². The van der Waals surface area contributed by atoms with Gasteiger partial charge in [0.25, 0.3) is 0 Å². The third-order valence-electron chi connectivity index (χ3n) is 1.73. The van der Waals surface area contributed by atoms with E-state index in [9.17, 15) is 4.79 Å². The lowest BCUT2D eigenvalue weighted by molar-refractivity contribution is -0.132. The van der Waals surface area contributed by atoms with Crippen LogP contribution in [0.4, 0.5) is 0 Å². The first-order valence-corrected chi connectivity index (χ1v) is 4.91. The van der Waals surface area contributed by atoms with Crippen molar-refractivity contribution in [1.82, 2.24) is 0 Å². The summed E-state index contributed by atoms with van der Waals surface area (Å²) >= 11 is 0. The highest BCUT2D eigenvalue weighted by atomic mass is 16.5. The van der Waals surface area contributed by atoms with Crippen molar-refractivity contribution < 1.29 is 9.53 Å². The summed E-state index contributed by atoms with van der Waals surface area (Å²) in [5, 5.41) is 0. The summed E-state index contributed by atoms with van der Waals surface area (Å²) in [5.74, 6) is -0.343. The van der Waals surface area contributed by atoms with Gasteiger partial charge in [0.2, 0.25) is 0 Å². The average molecular weight is 202 g/mol. The zero-order valence-corrected chi connectivity index (χ0v) is 8.72. The van der Waals surface area contributed by atoms with Gasteiger partial charge in [-0.25, -0.2) is 4.79 Å². The van der Waals surface area contributed by atoms with Gasteiger partial charge < -0.3 is 4.74 Å². The van der Waals surface area contributed by atoms with E-state index in [0.29, 0.717) is 0 Å². The van der Waals surface area contributed by atoms with Crippen molar-refractivity contribution in [2.24, 2.45) is 0 Å². The predicted molar refractivity (Wildman–Crippen MR) is 61.0 cm³/mol. The number of ether oxygens (including phenoxy) is 1. The van der Waals surface area contributed by atoms with Gasteiger partial charge in [-0.15, -0.1) is 0 Å². The summed E-state index contributed by atoms with van der Waals surface area (Å²) in [6.07, 6.45) is 7.17. The van der Waals surface area contributed by atoms with E-state index in [2.05, 4.69) is 0 Å². The molecule has 0 aliphatic rings. The number of hydrogen-bond donors (Lipinski definition) is 0. The lowest BCUT2D eigenvalue weighted by Crippen LogP contribution is -1.92.